The fraction of sp³-hybridized carbons (Fsp3) is 0.692. The molecule has 0 aromatic heterocycles. The Balaban J connectivity index is 0. The van der Waals surface area contributed by atoms with E-state index >= 15 is 0 Å². The first-order chi connectivity index (χ1) is 9.68. The second-order valence-electron chi connectivity index (χ2n) is 4.33. The minimum atomic E-state index is -1.26. The number of carbonyl (C=O) groups is 2. The van der Waals surface area contributed by atoms with Gasteiger partial charge in [0, 0.05) is 12.2 Å². The van der Waals surface area contributed by atoms with E-state index in [0.29, 0.717) is 25.4 Å². The van der Waals surface area contributed by atoms with Crippen LogP contribution in [0.3, 0.4) is 0 Å². The molecule has 0 spiro atoms. The van der Waals surface area contributed by atoms with E-state index in [4.69, 9.17) is 29.9 Å². The van der Waals surface area contributed by atoms with Crippen LogP contribution in [0.4, 0.5) is 0 Å². The van der Waals surface area contributed by atoms with Crippen molar-refractivity contribution in [2.75, 3.05) is 19.8 Å². The molecule has 8 nitrogen and oxygen atoms in total. The average molecular weight is 308 g/mol. The Kier molecular flexibility index (Phi) is 14.0. The van der Waals surface area contributed by atoms with Gasteiger partial charge >= 0.3 is 11.9 Å². The van der Waals surface area contributed by atoms with Crippen molar-refractivity contribution in [1.29, 1.82) is 0 Å². The molecule has 0 amide bonds. The van der Waals surface area contributed by atoms with Crippen molar-refractivity contribution < 1.29 is 39.5 Å². The van der Waals surface area contributed by atoms with Gasteiger partial charge in [-0.2, -0.15) is 0 Å². The summed E-state index contributed by atoms with van der Waals surface area (Å²) in [5.74, 6) is -2.51. The SMILES string of the molecule is CC(O)COC(C)COC(C)CO.O=C(O)C=CC(=O)O. The number of carboxylic acids is 2. The van der Waals surface area contributed by atoms with Crippen molar-refractivity contribution >= 4 is 11.9 Å². The Morgan fingerprint density at radius 2 is 1.38 bits per heavy atom. The van der Waals surface area contributed by atoms with E-state index in [9.17, 15) is 9.59 Å². The van der Waals surface area contributed by atoms with Gasteiger partial charge < -0.3 is 29.9 Å². The van der Waals surface area contributed by atoms with E-state index in [1.165, 1.54) is 0 Å². The van der Waals surface area contributed by atoms with E-state index in [1.807, 2.05) is 6.92 Å². The highest BCUT2D eigenvalue weighted by Crippen LogP contribution is 1.97. The molecule has 0 bridgehead atoms. The van der Waals surface area contributed by atoms with Crippen molar-refractivity contribution in [3.05, 3.63) is 12.2 Å². The molecule has 8 heteroatoms. The molecule has 0 aromatic rings. The lowest BCUT2D eigenvalue weighted by Crippen LogP contribution is -2.24. The highest BCUT2D eigenvalue weighted by Gasteiger charge is 2.06. The summed E-state index contributed by atoms with van der Waals surface area (Å²) in [5.41, 5.74) is 0. The second kappa shape index (κ2) is 13.5. The summed E-state index contributed by atoms with van der Waals surface area (Å²) in [5, 5.41) is 33.2. The van der Waals surface area contributed by atoms with E-state index in [-0.39, 0.29) is 18.8 Å². The molecule has 4 N–H and O–H groups in total. The third-order valence-corrected chi connectivity index (χ3v) is 1.86. The first kappa shape index (κ1) is 21.8. The van der Waals surface area contributed by atoms with Crippen molar-refractivity contribution in [1.82, 2.24) is 0 Å². The summed E-state index contributed by atoms with van der Waals surface area (Å²) < 4.78 is 10.5. The first-order valence-corrected chi connectivity index (χ1v) is 6.35. The predicted molar refractivity (Wildman–Crippen MR) is 74.0 cm³/mol. The quantitative estimate of drug-likeness (QED) is 0.433. The summed E-state index contributed by atoms with van der Waals surface area (Å²) in [6.45, 7) is 6.10. The average Bonchev–Trinajstić information content (AvgIpc) is 2.40. The van der Waals surface area contributed by atoms with Crippen LogP contribution in [0.25, 0.3) is 0 Å². The number of aliphatic hydroxyl groups excluding tert-OH is 2. The maximum Gasteiger partial charge on any atom is 0.328 e. The van der Waals surface area contributed by atoms with Crippen LogP contribution in [0.5, 0.6) is 0 Å². The molecule has 0 aliphatic heterocycles. The third kappa shape index (κ3) is 21.0. The molecular weight excluding hydrogens is 284 g/mol. The first-order valence-electron chi connectivity index (χ1n) is 6.35. The van der Waals surface area contributed by atoms with Gasteiger partial charge in [-0.15, -0.1) is 0 Å². The fourth-order valence-corrected chi connectivity index (χ4v) is 0.847. The molecule has 3 unspecified atom stereocenters. The second-order valence-corrected chi connectivity index (χ2v) is 4.33. The van der Waals surface area contributed by atoms with Gasteiger partial charge in [0.1, 0.15) is 0 Å². The molecule has 0 aliphatic rings. The largest absolute Gasteiger partial charge is 0.478 e. The number of aliphatic hydroxyl groups is 2. The maximum atomic E-state index is 9.55. The third-order valence-electron chi connectivity index (χ3n) is 1.86. The number of ether oxygens (including phenoxy) is 2. The van der Waals surface area contributed by atoms with Crippen LogP contribution in [-0.4, -0.2) is 70.5 Å². The van der Waals surface area contributed by atoms with E-state index in [1.54, 1.807) is 13.8 Å². The molecule has 124 valence electrons. The molecule has 0 heterocycles. The summed E-state index contributed by atoms with van der Waals surface area (Å²) >= 11 is 0. The highest BCUT2D eigenvalue weighted by atomic mass is 16.5. The summed E-state index contributed by atoms with van der Waals surface area (Å²) in [4.78, 5) is 19.1. The van der Waals surface area contributed by atoms with Crippen LogP contribution < -0.4 is 0 Å². The van der Waals surface area contributed by atoms with Crippen LogP contribution in [0, 0.1) is 0 Å². The molecule has 3 atom stereocenters. The van der Waals surface area contributed by atoms with Gasteiger partial charge in [-0.05, 0) is 20.8 Å². The minimum Gasteiger partial charge on any atom is -0.478 e. The lowest BCUT2D eigenvalue weighted by Gasteiger charge is -2.16. The predicted octanol–water partition coefficient (Wildman–Crippen LogP) is -0.118. The highest BCUT2D eigenvalue weighted by molar-refractivity contribution is 5.89. The minimum absolute atomic E-state index is 0.0170. The molecule has 0 aromatic carbocycles. The normalized spacial score (nSPS) is 14.9. The van der Waals surface area contributed by atoms with E-state index < -0.39 is 18.0 Å². The van der Waals surface area contributed by atoms with Crippen LogP contribution >= 0.6 is 0 Å². The summed E-state index contributed by atoms with van der Waals surface area (Å²) in [6, 6.07) is 0. The number of hydrogen-bond acceptors (Lipinski definition) is 6. The molecule has 21 heavy (non-hydrogen) atoms. The van der Waals surface area contributed by atoms with Gasteiger partial charge in [-0.25, -0.2) is 9.59 Å². The summed E-state index contributed by atoms with van der Waals surface area (Å²) in [7, 11) is 0. The van der Waals surface area contributed by atoms with E-state index in [0.717, 1.165) is 0 Å². The van der Waals surface area contributed by atoms with Gasteiger partial charge in [0.25, 0.3) is 0 Å². The zero-order chi connectivity index (χ0) is 16.8. The zero-order valence-electron chi connectivity index (χ0n) is 12.4. The smallest absolute Gasteiger partial charge is 0.328 e. The number of aliphatic carboxylic acids is 2. The van der Waals surface area contributed by atoms with Crippen LogP contribution in [0.1, 0.15) is 20.8 Å². The molecule has 0 fully saturated rings. The molecule has 0 radical (unpaired) electrons. The van der Waals surface area contributed by atoms with Gasteiger partial charge in [0.05, 0.1) is 38.1 Å². The maximum absolute atomic E-state index is 9.55. The monoisotopic (exact) mass is 308 g/mol. The lowest BCUT2D eigenvalue weighted by molar-refractivity contribution is -0.134. The van der Waals surface area contributed by atoms with Crippen molar-refractivity contribution in [3.63, 3.8) is 0 Å². The number of rotatable bonds is 9. The number of carboxylic acid groups (broad SMARTS) is 2. The zero-order valence-corrected chi connectivity index (χ0v) is 12.4. The molecular formula is C13H24O8. The van der Waals surface area contributed by atoms with Crippen molar-refractivity contribution in [3.8, 4) is 0 Å². The fourth-order valence-electron chi connectivity index (χ4n) is 0.847. The summed E-state index contributed by atoms with van der Waals surface area (Å²) in [6.07, 6.45) is 0.462. The van der Waals surface area contributed by atoms with Crippen LogP contribution in [0.2, 0.25) is 0 Å². The topological polar surface area (TPSA) is 134 Å². The Hall–Kier alpha value is -1.48. The van der Waals surface area contributed by atoms with Gasteiger partial charge in [0.15, 0.2) is 0 Å². The van der Waals surface area contributed by atoms with Crippen molar-refractivity contribution in [2.24, 2.45) is 0 Å². The van der Waals surface area contributed by atoms with E-state index in [2.05, 4.69) is 0 Å². The number of hydrogen-bond donors (Lipinski definition) is 4. The molecule has 0 saturated heterocycles. The molecule has 0 saturated carbocycles. The standard InChI is InChI=1S/C9H20O4.C4H4O4/c1-7(11)5-12-9(3)6-13-8(2)4-10;5-3(6)1-2-4(7)8/h7-11H,4-6H2,1-3H3;1-2H,(H,5,6)(H,7,8). The molecule has 0 aliphatic carbocycles. The lowest BCUT2D eigenvalue weighted by atomic mass is 10.4. The van der Waals surface area contributed by atoms with Crippen LogP contribution in [-0.2, 0) is 19.1 Å². The Morgan fingerprint density at radius 3 is 1.71 bits per heavy atom. The van der Waals surface area contributed by atoms with Gasteiger partial charge in [-0.1, -0.05) is 0 Å². The Morgan fingerprint density at radius 1 is 0.952 bits per heavy atom. The van der Waals surface area contributed by atoms with Gasteiger partial charge in [-0.3, -0.25) is 0 Å². The van der Waals surface area contributed by atoms with Gasteiger partial charge in [0.2, 0.25) is 0 Å². The van der Waals surface area contributed by atoms with Crippen LogP contribution in [0.15, 0.2) is 12.2 Å². The Labute approximate surface area is 123 Å². The Bertz CT molecular complexity index is 297. The van der Waals surface area contributed by atoms with Crippen molar-refractivity contribution in [2.45, 2.75) is 39.1 Å². The molecule has 0 rings (SSSR count).